The van der Waals surface area contributed by atoms with E-state index < -0.39 is 16.9 Å². The molecule has 0 saturated carbocycles. The average Bonchev–Trinajstić information content (AvgIpc) is 2.72. The molecule has 3 aromatic rings. The number of benzene rings is 2. The molecule has 0 bridgehead atoms. The molecule has 0 saturated heterocycles. The number of nitrogens with zero attached hydrogens (tertiary/aromatic N) is 2. The molecule has 1 amide bonds. The minimum atomic E-state index is -1.39. The smallest absolute Gasteiger partial charge is 0.348 e. The number of nitrogens with one attached hydrogen (secondary N) is 1. The first-order chi connectivity index (χ1) is 13.5. The first kappa shape index (κ1) is 19.5. The van der Waals surface area contributed by atoms with Gasteiger partial charge in [-0.2, -0.15) is 5.10 Å². The lowest BCUT2D eigenvalue weighted by Crippen LogP contribution is -2.18. The highest BCUT2D eigenvalue weighted by Gasteiger charge is 2.14. The van der Waals surface area contributed by atoms with E-state index in [1.165, 1.54) is 0 Å². The highest BCUT2D eigenvalue weighted by Crippen LogP contribution is 2.24. The van der Waals surface area contributed by atoms with E-state index in [0.717, 1.165) is 11.8 Å². The summed E-state index contributed by atoms with van der Waals surface area (Å²) in [7, 11) is 0. The predicted molar refractivity (Wildman–Crippen MR) is 110 cm³/mol. The Hall–Kier alpha value is -3.22. The lowest BCUT2D eigenvalue weighted by Gasteiger charge is -2.09. The Balaban J connectivity index is 1.96. The van der Waals surface area contributed by atoms with Crippen LogP contribution in [-0.4, -0.2) is 28.2 Å². The fourth-order valence-electron chi connectivity index (χ4n) is 2.49. The van der Waals surface area contributed by atoms with Crippen molar-refractivity contribution in [2.45, 2.75) is 0 Å². The summed E-state index contributed by atoms with van der Waals surface area (Å²) in [5, 5.41) is 12.2. The third-order valence-corrected chi connectivity index (χ3v) is 4.52. The van der Waals surface area contributed by atoms with Gasteiger partial charge in [0.05, 0.1) is 28.0 Å². The van der Waals surface area contributed by atoms with E-state index in [2.05, 4.69) is 15.5 Å². The molecule has 1 aromatic heterocycles. The van der Waals surface area contributed by atoms with E-state index in [9.17, 15) is 9.59 Å². The van der Waals surface area contributed by atoms with Gasteiger partial charge in [-0.05, 0) is 12.1 Å². The number of allylic oxidation sites excluding steroid dienone is 1. The van der Waals surface area contributed by atoms with E-state index in [0.29, 0.717) is 22.2 Å². The second-order valence-electron chi connectivity index (χ2n) is 5.60. The van der Waals surface area contributed by atoms with Crippen LogP contribution in [0, 0.1) is 0 Å². The molecule has 0 aliphatic heterocycles. The summed E-state index contributed by atoms with van der Waals surface area (Å²) >= 11 is 11.2. The highest BCUT2D eigenvalue weighted by molar-refractivity contribution is 6.51. The molecule has 6 nitrogen and oxygen atoms in total. The number of pyridine rings is 1. The fraction of sp³-hybridized carbons (Fsp3) is 0. The number of carboxylic acid groups (broad SMARTS) is 1. The molecular formula is C20H13Cl2N3O3. The summed E-state index contributed by atoms with van der Waals surface area (Å²) in [6, 6.07) is 18.4. The van der Waals surface area contributed by atoms with E-state index in [1.807, 2.05) is 42.5 Å². The van der Waals surface area contributed by atoms with Crippen molar-refractivity contribution in [1.29, 1.82) is 0 Å². The van der Waals surface area contributed by atoms with Gasteiger partial charge in [0.2, 0.25) is 0 Å². The Bertz CT molecular complexity index is 1110. The number of rotatable bonds is 5. The van der Waals surface area contributed by atoms with Gasteiger partial charge >= 0.3 is 5.97 Å². The molecule has 2 N–H and O–H groups in total. The van der Waals surface area contributed by atoms with Gasteiger partial charge in [-0.15, -0.1) is 0 Å². The molecular weight excluding hydrogens is 401 g/mol. The number of hydrogen-bond acceptors (Lipinski definition) is 4. The summed E-state index contributed by atoms with van der Waals surface area (Å²) in [6.07, 6.45) is 0.956. The molecule has 0 radical (unpaired) electrons. The zero-order chi connectivity index (χ0) is 20.1. The monoisotopic (exact) mass is 413 g/mol. The number of aliphatic carboxylic acids is 1. The lowest BCUT2D eigenvalue weighted by molar-refractivity contribution is -0.131. The Morgan fingerprint density at radius 3 is 2.43 bits per heavy atom. The number of fused-ring (bicyclic) bond motifs is 1. The molecule has 0 aliphatic carbocycles. The van der Waals surface area contributed by atoms with Crippen LogP contribution < -0.4 is 5.43 Å². The van der Waals surface area contributed by atoms with Crippen LogP contribution >= 0.6 is 23.2 Å². The van der Waals surface area contributed by atoms with Crippen LogP contribution in [0.15, 0.2) is 75.8 Å². The van der Waals surface area contributed by atoms with E-state index in [4.69, 9.17) is 28.3 Å². The second kappa shape index (κ2) is 8.65. The second-order valence-corrected chi connectivity index (χ2v) is 6.39. The number of hydrazone groups is 1. The maximum atomic E-state index is 12.7. The minimum absolute atomic E-state index is 0.306. The van der Waals surface area contributed by atoms with Gasteiger partial charge in [0, 0.05) is 10.9 Å². The number of hydrogen-bond donors (Lipinski definition) is 2. The van der Waals surface area contributed by atoms with Crippen molar-refractivity contribution in [3.05, 3.63) is 76.3 Å². The van der Waals surface area contributed by atoms with Gasteiger partial charge in [0.25, 0.3) is 5.91 Å². The number of para-hydroxylation sites is 1. The Kier molecular flexibility index (Phi) is 6.03. The first-order valence-electron chi connectivity index (χ1n) is 8.04. The summed E-state index contributed by atoms with van der Waals surface area (Å²) in [6.45, 7) is 0. The normalized spacial score (nSPS) is 12.1. The molecule has 0 fully saturated rings. The first-order valence-corrected chi connectivity index (χ1v) is 8.80. The van der Waals surface area contributed by atoms with Crippen LogP contribution in [0.4, 0.5) is 0 Å². The summed E-state index contributed by atoms with van der Waals surface area (Å²) in [5.74, 6) is -1.89. The van der Waals surface area contributed by atoms with Crippen LogP contribution in [0.2, 0.25) is 0 Å². The molecule has 0 aliphatic rings. The SMILES string of the molecule is O=C(O)/C(Cl)=C(Cl)\C=N/NC(=O)c1cc(-c2ccccc2)nc2ccccc12. The van der Waals surface area contributed by atoms with Crippen LogP contribution in [0.1, 0.15) is 10.4 Å². The number of carbonyl (C=O) groups excluding carboxylic acids is 1. The zero-order valence-corrected chi connectivity index (χ0v) is 15.8. The summed E-state index contributed by atoms with van der Waals surface area (Å²) < 4.78 is 0. The highest BCUT2D eigenvalue weighted by atomic mass is 35.5. The Labute approximate surface area is 170 Å². The molecule has 0 atom stereocenters. The van der Waals surface area contributed by atoms with Gasteiger partial charge in [0.1, 0.15) is 5.03 Å². The van der Waals surface area contributed by atoms with Gasteiger partial charge in [-0.25, -0.2) is 15.2 Å². The Morgan fingerprint density at radius 2 is 1.71 bits per heavy atom. The quantitative estimate of drug-likeness (QED) is 0.368. The third-order valence-electron chi connectivity index (χ3n) is 3.77. The topological polar surface area (TPSA) is 91.6 Å². The van der Waals surface area contributed by atoms with E-state index in [-0.39, 0.29) is 5.03 Å². The van der Waals surface area contributed by atoms with Crippen LogP contribution in [0.25, 0.3) is 22.2 Å². The van der Waals surface area contributed by atoms with Gasteiger partial charge in [-0.3, -0.25) is 4.79 Å². The molecule has 140 valence electrons. The van der Waals surface area contributed by atoms with Crippen LogP contribution in [0.3, 0.4) is 0 Å². The number of carboxylic acids is 1. The largest absolute Gasteiger partial charge is 0.477 e. The fourth-order valence-corrected chi connectivity index (χ4v) is 2.67. The van der Waals surface area contributed by atoms with Crippen molar-refractivity contribution in [1.82, 2.24) is 10.4 Å². The molecule has 8 heteroatoms. The number of carbonyl (C=O) groups is 2. The van der Waals surface area contributed by atoms with Crippen molar-refractivity contribution in [2.75, 3.05) is 0 Å². The number of aromatic nitrogens is 1. The van der Waals surface area contributed by atoms with Gasteiger partial charge in [-0.1, -0.05) is 71.7 Å². The third kappa shape index (κ3) is 4.36. The number of amides is 1. The molecule has 1 heterocycles. The van der Waals surface area contributed by atoms with Gasteiger partial charge < -0.3 is 5.11 Å². The maximum Gasteiger partial charge on any atom is 0.348 e. The van der Waals surface area contributed by atoms with Crippen molar-refractivity contribution in [3.63, 3.8) is 0 Å². The van der Waals surface area contributed by atoms with Gasteiger partial charge in [0.15, 0.2) is 0 Å². The average molecular weight is 414 g/mol. The maximum absolute atomic E-state index is 12.7. The van der Waals surface area contributed by atoms with Crippen molar-refractivity contribution in [3.8, 4) is 11.3 Å². The Morgan fingerprint density at radius 1 is 1.04 bits per heavy atom. The summed E-state index contributed by atoms with van der Waals surface area (Å²) in [4.78, 5) is 28.0. The zero-order valence-electron chi connectivity index (χ0n) is 14.3. The molecule has 28 heavy (non-hydrogen) atoms. The van der Waals surface area contributed by atoms with Crippen molar-refractivity contribution >= 4 is 52.2 Å². The molecule has 0 spiro atoms. The molecule has 2 aromatic carbocycles. The van der Waals surface area contributed by atoms with Crippen molar-refractivity contribution < 1.29 is 14.7 Å². The molecule has 0 unspecified atom stereocenters. The van der Waals surface area contributed by atoms with E-state index >= 15 is 0 Å². The minimum Gasteiger partial charge on any atom is -0.477 e. The van der Waals surface area contributed by atoms with Crippen LogP contribution in [0.5, 0.6) is 0 Å². The number of halogens is 2. The molecule has 3 rings (SSSR count). The van der Waals surface area contributed by atoms with Crippen molar-refractivity contribution in [2.24, 2.45) is 5.10 Å². The summed E-state index contributed by atoms with van der Waals surface area (Å²) in [5.41, 5.74) is 4.86. The van der Waals surface area contributed by atoms with E-state index in [1.54, 1.807) is 18.2 Å². The lowest BCUT2D eigenvalue weighted by atomic mass is 10.0. The predicted octanol–water partition coefficient (Wildman–Crippen LogP) is 4.39. The standard InChI is InChI=1S/C20H13Cl2N3O3/c21-15(18(22)20(27)28)11-23-25-19(26)14-10-17(12-6-2-1-3-7-12)24-16-9-5-4-8-13(14)16/h1-11H,(H,25,26)(H,27,28)/b18-15-,23-11-. The van der Waals surface area contributed by atoms with Crippen LogP contribution in [-0.2, 0) is 4.79 Å².